The summed E-state index contributed by atoms with van der Waals surface area (Å²) < 4.78 is 38.3. The molecule has 2 heterocycles. The molecule has 0 aromatic heterocycles. The maximum Gasteiger partial charge on any atom is 0.416 e. The molecule has 150 valence electrons. The average molecular weight is 390 g/mol. The Morgan fingerprint density at radius 2 is 2.07 bits per heavy atom. The van der Waals surface area contributed by atoms with Crippen molar-refractivity contribution in [1.29, 1.82) is 0 Å². The van der Waals surface area contributed by atoms with Gasteiger partial charge in [-0.05, 0) is 31.5 Å². The van der Waals surface area contributed by atoms with Crippen LogP contribution in [0.2, 0.25) is 0 Å². The van der Waals surface area contributed by atoms with Gasteiger partial charge in [-0.1, -0.05) is 30.1 Å². The Bertz CT molecular complexity index is 781. The molecular weight excluding hydrogens is 365 g/mol. The molecule has 28 heavy (non-hydrogen) atoms. The summed E-state index contributed by atoms with van der Waals surface area (Å²) in [6.45, 7) is 6.89. The molecule has 4 nitrogen and oxygen atoms in total. The Morgan fingerprint density at radius 1 is 1.29 bits per heavy atom. The van der Waals surface area contributed by atoms with Crippen molar-refractivity contribution >= 4 is 5.96 Å². The number of guanidine groups is 1. The van der Waals surface area contributed by atoms with Crippen molar-refractivity contribution < 1.29 is 13.2 Å². The smallest absolute Gasteiger partial charge is 0.356 e. The molecule has 2 aliphatic heterocycles. The average Bonchev–Trinajstić information content (AvgIpc) is 3.35. The zero-order valence-electron chi connectivity index (χ0n) is 16.0. The molecule has 0 aliphatic carbocycles. The van der Waals surface area contributed by atoms with E-state index in [1.165, 1.54) is 6.07 Å². The number of aliphatic imine (C=N–C) groups is 1. The third kappa shape index (κ3) is 5.29. The van der Waals surface area contributed by atoms with Crippen LogP contribution in [0.3, 0.4) is 0 Å². The van der Waals surface area contributed by atoms with E-state index in [1.54, 1.807) is 6.07 Å². The minimum Gasteiger partial charge on any atom is -0.356 e. The molecular formula is C21H25F3N4. The zero-order valence-corrected chi connectivity index (χ0v) is 16.0. The van der Waals surface area contributed by atoms with E-state index in [4.69, 9.17) is 0 Å². The van der Waals surface area contributed by atoms with Crippen LogP contribution in [0.5, 0.6) is 0 Å². The Hall–Kier alpha value is -2.46. The molecule has 0 spiro atoms. The van der Waals surface area contributed by atoms with E-state index in [0.29, 0.717) is 11.6 Å². The molecule has 0 saturated carbocycles. The lowest BCUT2D eigenvalue weighted by Gasteiger charge is -2.25. The van der Waals surface area contributed by atoms with E-state index < -0.39 is 11.7 Å². The Labute approximate surface area is 164 Å². The fraction of sp³-hybridized carbons (Fsp3) is 0.476. The second-order valence-electron chi connectivity index (χ2n) is 6.86. The summed E-state index contributed by atoms with van der Waals surface area (Å²) in [4.78, 5) is 9.23. The van der Waals surface area contributed by atoms with Crippen molar-refractivity contribution in [2.45, 2.75) is 25.6 Å². The fourth-order valence-electron chi connectivity index (χ4n) is 3.48. The minimum atomic E-state index is -4.36. The number of nitrogens with zero attached hydrogens (tertiary/aromatic N) is 3. The van der Waals surface area contributed by atoms with Gasteiger partial charge in [0.15, 0.2) is 5.96 Å². The predicted octanol–water partition coefficient (Wildman–Crippen LogP) is 2.97. The third-order valence-electron chi connectivity index (χ3n) is 4.89. The van der Waals surface area contributed by atoms with Crippen molar-refractivity contribution in [2.75, 3.05) is 39.3 Å². The maximum absolute atomic E-state index is 12.8. The first-order chi connectivity index (χ1) is 13.5. The van der Waals surface area contributed by atoms with Crippen molar-refractivity contribution in [3.63, 3.8) is 0 Å². The van der Waals surface area contributed by atoms with E-state index in [0.717, 1.165) is 57.2 Å². The SMILES string of the molecule is CCNC(=NCC#Cc1cccc(C(F)(F)F)c1)N1CCC(N2CC=CC2)C1. The highest BCUT2D eigenvalue weighted by molar-refractivity contribution is 5.80. The number of benzene rings is 1. The van der Waals surface area contributed by atoms with E-state index in [-0.39, 0.29) is 6.54 Å². The molecule has 1 aromatic carbocycles. The van der Waals surface area contributed by atoms with Gasteiger partial charge < -0.3 is 10.2 Å². The van der Waals surface area contributed by atoms with Crippen LogP contribution in [0.1, 0.15) is 24.5 Å². The molecule has 2 aliphatic rings. The van der Waals surface area contributed by atoms with Crippen LogP contribution in [-0.4, -0.2) is 61.1 Å². The fourth-order valence-corrected chi connectivity index (χ4v) is 3.48. The molecule has 1 saturated heterocycles. The van der Waals surface area contributed by atoms with Crippen LogP contribution in [0.15, 0.2) is 41.4 Å². The first-order valence-corrected chi connectivity index (χ1v) is 9.56. The predicted molar refractivity (Wildman–Crippen MR) is 105 cm³/mol. The number of nitrogens with one attached hydrogen (secondary N) is 1. The van der Waals surface area contributed by atoms with E-state index in [9.17, 15) is 13.2 Å². The number of likely N-dealkylation sites (tertiary alicyclic amines) is 1. The molecule has 1 aromatic rings. The Morgan fingerprint density at radius 3 is 2.79 bits per heavy atom. The highest BCUT2D eigenvalue weighted by Gasteiger charge is 2.30. The number of hydrogen-bond acceptors (Lipinski definition) is 2. The summed E-state index contributed by atoms with van der Waals surface area (Å²) >= 11 is 0. The first-order valence-electron chi connectivity index (χ1n) is 9.56. The molecule has 1 N–H and O–H groups in total. The van der Waals surface area contributed by atoms with Crippen LogP contribution in [0.25, 0.3) is 0 Å². The molecule has 1 unspecified atom stereocenters. The van der Waals surface area contributed by atoms with Crippen molar-refractivity contribution in [3.8, 4) is 11.8 Å². The number of alkyl halides is 3. The highest BCUT2D eigenvalue weighted by atomic mass is 19.4. The Kier molecular flexibility index (Phi) is 6.63. The lowest BCUT2D eigenvalue weighted by atomic mass is 10.1. The van der Waals surface area contributed by atoms with Crippen LogP contribution >= 0.6 is 0 Å². The molecule has 0 bridgehead atoms. The van der Waals surface area contributed by atoms with Gasteiger partial charge in [-0.3, -0.25) is 4.90 Å². The van der Waals surface area contributed by atoms with Crippen LogP contribution in [-0.2, 0) is 6.18 Å². The van der Waals surface area contributed by atoms with E-state index >= 15 is 0 Å². The summed E-state index contributed by atoms with van der Waals surface area (Å²) in [5.74, 6) is 6.46. The lowest BCUT2D eigenvalue weighted by Crippen LogP contribution is -2.42. The van der Waals surface area contributed by atoms with Gasteiger partial charge in [-0.2, -0.15) is 13.2 Å². The molecule has 7 heteroatoms. The molecule has 1 fully saturated rings. The maximum atomic E-state index is 12.8. The van der Waals surface area contributed by atoms with Gasteiger partial charge in [-0.25, -0.2) is 4.99 Å². The lowest BCUT2D eigenvalue weighted by molar-refractivity contribution is -0.137. The molecule has 3 rings (SSSR count). The highest BCUT2D eigenvalue weighted by Crippen LogP contribution is 2.29. The summed E-state index contributed by atoms with van der Waals surface area (Å²) in [5, 5.41) is 3.29. The van der Waals surface area contributed by atoms with Crippen molar-refractivity contribution in [1.82, 2.24) is 15.1 Å². The second kappa shape index (κ2) is 9.16. The van der Waals surface area contributed by atoms with E-state index in [1.807, 2.05) is 6.92 Å². The van der Waals surface area contributed by atoms with Gasteiger partial charge in [0.2, 0.25) is 0 Å². The number of halogens is 3. The number of hydrogen-bond donors (Lipinski definition) is 1. The van der Waals surface area contributed by atoms with Gasteiger partial charge >= 0.3 is 6.18 Å². The zero-order chi connectivity index (χ0) is 20.0. The third-order valence-corrected chi connectivity index (χ3v) is 4.89. The molecule has 0 radical (unpaired) electrons. The van der Waals surface area contributed by atoms with Crippen LogP contribution in [0.4, 0.5) is 13.2 Å². The number of rotatable bonds is 3. The van der Waals surface area contributed by atoms with Crippen molar-refractivity contribution in [2.24, 2.45) is 4.99 Å². The first kappa shape index (κ1) is 20.3. The molecule has 0 amide bonds. The standard InChI is InChI=1S/C21H25F3N4/c1-2-25-20(28-14-10-19(16-28)27-12-3-4-13-27)26-11-6-8-17-7-5-9-18(15-17)21(22,23)24/h3-5,7,9,15,19H,2,10-14,16H2,1H3,(H,25,26). The monoisotopic (exact) mass is 390 g/mol. The van der Waals surface area contributed by atoms with Gasteiger partial charge in [0.1, 0.15) is 6.54 Å². The van der Waals surface area contributed by atoms with E-state index in [2.05, 4.69) is 44.1 Å². The summed E-state index contributed by atoms with van der Waals surface area (Å²) in [7, 11) is 0. The summed E-state index contributed by atoms with van der Waals surface area (Å²) in [6, 6.07) is 5.59. The molecule has 1 atom stereocenters. The van der Waals surface area contributed by atoms with Gasteiger partial charge in [-0.15, -0.1) is 0 Å². The van der Waals surface area contributed by atoms with Gasteiger partial charge in [0, 0.05) is 44.3 Å². The minimum absolute atomic E-state index is 0.241. The summed E-state index contributed by atoms with van der Waals surface area (Å²) in [6.07, 6.45) is 1.14. The normalized spacial score (nSPS) is 20.4. The topological polar surface area (TPSA) is 30.9 Å². The largest absolute Gasteiger partial charge is 0.416 e. The van der Waals surface area contributed by atoms with Crippen LogP contribution in [0, 0.1) is 11.8 Å². The quantitative estimate of drug-likeness (QED) is 0.373. The van der Waals surface area contributed by atoms with Crippen LogP contribution < -0.4 is 5.32 Å². The Balaban J connectivity index is 1.61. The van der Waals surface area contributed by atoms with Crippen molar-refractivity contribution in [3.05, 3.63) is 47.5 Å². The van der Waals surface area contributed by atoms with Gasteiger partial charge in [0.25, 0.3) is 0 Å². The second-order valence-corrected chi connectivity index (χ2v) is 6.86. The van der Waals surface area contributed by atoms with Gasteiger partial charge in [0.05, 0.1) is 5.56 Å². The summed E-state index contributed by atoms with van der Waals surface area (Å²) in [5.41, 5.74) is -0.339.